The summed E-state index contributed by atoms with van der Waals surface area (Å²) >= 11 is -1.68. The number of ether oxygens (including phenoxy) is 1. The smallest absolute Gasteiger partial charge is 0.353 e. The summed E-state index contributed by atoms with van der Waals surface area (Å²) in [4.78, 5) is 45.4. The number of nitrogens with two attached hydrogens (primary N) is 1. The fraction of sp³-hybridized carbons (Fsp3) is 0.500. The van der Waals surface area contributed by atoms with Gasteiger partial charge in [0.1, 0.15) is 11.9 Å². The standard InChI is InChI=1S/C34H45N5O6S/c1-34(2,3)23-18-22(31(35)40)29(45-6)30(46(7)44)26(23)25-21-11-8-10-20(27(21)37(5)28(25)33(42)43)19-38-14-16-39(17-15-38)32(41)24-12-9-13-36(24)4/h8,10-11,18,24H,9,12-17,19H2,1-7H3,(H2,35,40)(H,42,43)/t24-,46?/m0/s1. The molecule has 0 saturated carbocycles. The number of nitrogens with zero attached hydrogens (tertiary/aromatic N) is 4. The highest BCUT2D eigenvalue weighted by molar-refractivity contribution is 7.91. The molecule has 0 radical (unpaired) electrons. The number of para-hydroxylation sites is 1. The summed E-state index contributed by atoms with van der Waals surface area (Å²) in [7, 11) is 5.14. The molecule has 2 atom stereocenters. The summed E-state index contributed by atoms with van der Waals surface area (Å²) in [5.74, 6) is -1.57. The summed E-state index contributed by atoms with van der Waals surface area (Å²) in [6.45, 7) is 10.1. The van der Waals surface area contributed by atoms with Gasteiger partial charge < -0.3 is 29.6 Å². The summed E-state index contributed by atoms with van der Waals surface area (Å²) in [5.41, 5.74) is 8.55. The van der Waals surface area contributed by atoms with Crippen LogP contribution in [-0.2, 0) is 35.0 Å². The number of hydrogen-bond donors (Lipinski definition) is 2. The van der Waals surface area contributed by atoms with Gasteiger partial charge in [-0.1, -0.05) is 39.0 Å². The molecule has 46 heavy (non-hydrogen) atoms. The maximum atomic E-state index is 13.5. The molecule has 2 fully saturated rings. The lowest BCUT2D eigenvalue weighted by atomic mass is 9.79. The molecule has 11 nitrogen and oxygen atoms in total. The van der Waals surface area contributed by atoms with Crippen LogP contribution < -0.4 is 10.5 Å². The number of fused-ring (bicyclic) bond motifs is 1. The van der Waals surface area contributed by atoms with Crippen LogP contribution in [0, 0.1) is 0 Å². The number of carbonyl (C=O) groups is 3. The molecule has 0 bridgehead atoms. The number of likely N-dealkylation sites (N-methyl/N-ethyl adjacent to an activating group) is 1. The highest BCUT2D eigenvalue weighted by Gasteiger charge is 2.37. The first-order valence-electron chi connectivity index (χ1n) is 15.6. The van der Waals surface area contributed by atoms with Gasteiger partial charge in [-0.3, -0.25) is 19.4 Å². The van der Waals surface area contributed by atoms with Crippen LogP contribution in [-0.4, -0.2) is 106 Å². The van der Waals surface area contributed by atoms with Crippen molar-refractivity contribution in [2.24, 2.45) is 12.8 Å². The molecule has 248 valence electrons. The molecule has 0 spiro atoms. The van der Waals surface area contributed by atoms with Gasteiger partial charge in [0, 0.05) is 56.3 Å². The first-order valence-corrected chi connectivity index (χ1v) is 17.2. The molecule has 1 unspecified atom stereocenters. The lowest BCUT2D eigenvalue weighted by molar-refractivity contribution is -0.137. The minimum Gasteiger partial charge on any atom is -0.612 e. The van der Waals surface area contributed by atoms with Gasteiger partial charge in [0.15, 0.2) is 5.75 Å². The summed E-state index contributed by atoms with van der Waals surface area (Å²) in [6, 6.07) is 7.41. The number of methoxy groups -OCH3 is 1. The van der Waals surface area contributed by atoms with Gasteiger partial charge in [-0.15, -0.1) is 0 Å². The fourth-order valence-electron chi connectivity index (χ4n) is 7.17. The van der Waals surface area contributed by atoms with Crippen molar-refractivity contribution < 1.29 is 28.8 Å². The molecule has 2 aromatic carbocycles. The largest absolute Gasteiger partial charge is 0.612 e. The minimum atomic E-state index is -1.68. The van der Waals surface area contributed by atoms with Crippen LogP contribution in [0.15, 0.2) is 29.2 Å². The van der Waals surface area contributed by atoms with Crippen LogP contribution in [0.2, 0.25) is 0 Å². The van der Waals surface area contributed by atoms with E-state index in [0.29, 0.717) is 54.8 Å². The van der Waals surface area contributed by atoms with Crippen molar-refractivity contribution >= 4 is 39.9 Å². The Balaban J connectivity index is 1.62. The zero-order chi connectivity index (χ0) is 33.7. The van der Waals surface area contributed by atoms with Crippen molar-refractivity contribution in [3.8, 4) is 16.9 Å². The van der Waals surface area contributed by atoms with Gasteiger partial charge >= 0.3 is 5.97 Å². The fourth-order valence-corrected chi connectivity index (χ4v) is 8.12. The van der Waals surface area contributed by atoms with Crippen molar-refractivity contribution in [2.45, 2.75) is 56.5 Å². The van der Waals surface area contributed by atoms with E-state index in [2.05, 4.69) is 9.80 Å². The number of hydrogen-bond acceptors (Lipinski definition) is 7. The number of benzene rings is 2. The Labute approximate surface area is 273 Å². The van der Waals surface area contributed by atoms with E-state index >= 15 is 0 Å². The number of amides is 2. The number of aromatic nitrogens is 1. The molecular weight excluding hydrogens is 606 g/mol. The number of primary amides is 1. The van der Waals surface area contributed by atoms with E-state index in [-0.39, 0.29) is 33.9 Å². The number of piperazine rings is 1. The monoisotopic (exact) mass is 651 g/mol. The Morgan fingerprint density at radius 3 is 2.28 bits per heavy atom. The van der Waals surface area contributed by atoms with Crippen LogP contribution in [0.25, 0.3) is 22.0 Å². The second-order valence-corrected chi connectivity index (χ2v) is 14.7. The molecule has 5 rings (SSSR count). The summed E-state index contributed by atoms with van der Waals surface area (Å²) in [6.07, 6.45) is 3.44. The van der Waals surface area contributed by atoms with E-state index in [1.807, 2.05) is 50.9 Å². The first-order chi connectivity index (χ1) is 21.7. The van der Waals surface area contributed by atoms with Crippen LogP contribution in [0.4, 0.5) is 0 Å². The van der Waals surface area contributed by atoms with Gasteiger partial charge in [-0.2, -0.15) is 0 Å². The summed E-state index contributed by atoms with van der Waals surface area (Å²) < 4.78 is 20.8. The van der Waals surface area contributed by atoms with Gasteiger partial charge in [0.05, 0.1) is 24.2 Å². The van der Waals surface area contributed by atoms with Crippen LogP contribution in [0.1, 0.15) is 65.6 Å². The van der Waals surface area contributed by atoms with E-state index < -0.39 is 28.5 Å². The average molecular weight is 652 g/mol. The maximum Gasteiger partial charge on any atom is 0.353 e. The molecule has 2 aliphatic rings. The third-order valence-electron chi connectivity index (χ3n) is 9.43. The maximum absolute atomic E-state index is 13.5. The quantitative estimate of drug-likeness (QED) is 0.353. The molecule has 2 aliphatic heterocycles. The third-order valence-corrected chi connectivity index (χ3v) is 10.4. The first kappa shape index (κ1) is 33.8. The van der Waals surface area contributed by atoms with E-state index in [9.17, 15) is 24.0 Å². The van der Waals surface area contributed by atoms with Gasteiger partial charge in [0.2, 0.25) is 10.8 Å². The number of likely N-dealkylation sites (tertiary alicyclic amines) is 1. The Kier molecular flexibility index (Phi) is 9.47. The highest BCUT2D eigenvalue weighted by atomic mass is 32.2. The number of aryl methyl sites for hydroxylation is 1. The van der Waals surface area contributed by atoms with Crippen LogP contribution in [0.3, 0.4) is 0 Å². The second kappa shape index (κ2) is 12.9. The molecule has 2 saturated heterocycles. The molecule has 0 aliphatic carbocycles. The Bertz CT molecular complexity index is 1690. The van der Waals surface area contributed by atoms with Crippen molar-refractivity contribution in [1.29, 1.82) is 0 Å². The van der Waals surface area contributed by atoms with Gasteiger partial charge in [-0.05, 0) is 60.2 Å². The van der Waals surface area contributed by atoms with Crippen molar-refractivity contribution in [3.05, 3.63) is 46.6 Å². The predicted molar refractivity (Wildman–Crippen MR) is 179 cm³/mol. The Hall–Kier alpha value is -3.58. The average Bonchev–Trinajstić information content (AvgIpc) is 3.56. The van der Waals surface area contributed by atoms with Crippen LogP contribution >= 0.6 is 0 Å². The Morgan fingerprint density at radius 2 is 1.76 bits per heavy atom. The summed E-state index contributed by atoms with van der Waals surface area (Å²) in [5, 5.41) is 11.3. The molecular formula is C34H45N5O6S. The van der Waals surface area contributed by atoms with Crippen LogP contribution in [0.5, 0.6) is 5.75 Å². The molecule has 3 N–H and O–H groups in total. The lowest BCUT2D eigenvalue weighted by Gasteiger charge is -2.37. The van der Waals surface area contributed by atoms with Gasteiger partial charge in [-0.25, -0.2) is 4.79 Å². The van der Waals surface area contributed by atoms with Crippen molar-refractivity contribution in [2.75, 3.05) is 53.1 Å². The second-order valence-electron chi connectivity index (χ2n) is 13.4. The van der Waals surface area contributed by atoms with E-state index in [1.54, 1.807) is 17.7 Å². The Morgan fingerprint density at radius 1 is 1.09 bits per heavy atom. The van der Waals surface area contributed by atoms with E-state index in [0.717, 1.165) is 30.5 Å². The lowest BCUT2D eigenvalue weighted by Crippen LogP contribution is -2.52. The SMILES string of the molecule is COc1c(C(N)=O)cc(C(C)(C)C)c(-c2c(C(=O)O)n(C)c3c(CN4CCN(C(=O)[C@@H]5CCCN5C)CC4)cccc23)c1[S+](C)[O-]. The van der Waals surface area contributed by atoms with Crippen molar-refractivity contribution in [1.82, 2.24) is 19.3 Å². The van der Waals surface area contributed by atoms with E-state index in [1.165, 1.54) is 13.4 Å². The number of carboxylic acid groups (broad SMARTS) is 1. The normalized spacial score (nSPS) is 18.7. The molecule has 3 aromatic rings. The number of carbonyl (C=O) groups excluding carboxylic acids is 2. The number of rotatable bonds is 8. The zero-order valence-corrected chi connectivity index (χ0v) is 28.6. The zero-order valence-electron chi connectivity index (χ0n) is 27.8. The molecule has 12 heteroatoms. The van der Waals surface area contributed by atoms with E-state index in [4.69, 9.17) is 10.5 Å². The van der Waals surface area contributed by atoms with Crippen molar-refractivity contribution in [3.63, 3.8) is 0 Å². The number of carboxylic acids is 1. The molecule has 3 heterocycles. The third kappa shape index (κ3) is 5.99. The predicted octanol–water partition coefficient (Wildman–Crippen LogP) is 3.42. The molecule has 1 aromatic heterocycles. The highest BCUT2D eigenvalue weighted by Crippen LogP contribution is 2.48. The minimum absolute atomic E-state index is 0.0347. The topological polar surface area (TPSA) is 144 Å². The van der Waals surface area contributed by atoms with Gasteiger partial charge in [0.25, 0.3) is 5.91 Å². The molecule has 2 amide bonds. The number of aromatic carboxylic acids is 1.